The number of nitrogens with one attached hydrogen (secondary N) is 2. The number of carbonyl (C=O) groups excluding carboxylic acids is 3. The summed E-state index contributed by atoms with van der Waals surface area (Å²) in [6.45, 7) is 3.11. The van der Waals surface area contributed by atoms with Crippen LogP contribution >= 0.6 is 11.6 Å². The van der Waals surface area contributed by atoms with E-state index in [0.717, 1.165) is 54.2 Å². The van der Waals surface area contributed by atoms with E-state index in [1.54, 1.807) is 0 Å². The van der Waals surface area contributed by atoms with Crippen LogP contribution in [0.25, 0.3) is 0 Å². The summed E-state index contributed by atoms with van der Waals surface area (Å²) in [5, 5.41) is 4.45. The third-order valence-electron chi connectivity index (χ3n) is 6.79. The van der Waals surface area contributed by atoms with Gasteiger partial charge in [-0.05, 0) is 69.0 Å². The monoisotopic (exact) mass is 432 g/mol. The van der Waals surface area contributed by atoms with Crippen molar-refractivity contribution >= 4 is 29.4 Å². The topological polar surface area (TPSA) is 81.8 Å². The minimum absolute atomic E-state index is 0.149. The van der Waals surface area contributed by atoms with Crippen molar-refractivity contribution in [1.29, 1.82) is 0 Å². The Bertz CT molecular complexity index is 837. The fourth-order valence-electron chi connectivity index (χ4n) is 4.91. The summed E-state index contributed by atoms with van der Waals surface area (Å²) in [5.74, 6) is -0.123. The molecule has 1 aromatic carbocycles. The van der Waals surface area contributed by atoms with E-state index >= 15 is 0 Å². The second kappa shape index (κ2) is 8.55. The Kier molecular flexibility index (Phi) is 6.02. The Morgan fingerprint density at radius 2 is 1.97 bits per heavy atom. The normalized spacial score (nSPS) is 29.5. The molecule has 0 aromatic heterocycles. The van der Waals surface area contributed by atoms with E-state index < -0.39 is 11.6 Å². The van der Waals surface area contributed by atoms with Gasteiger partial charge in [-0.1, -0.05) is 36.7 Å². The Labute approximate surface area is 182 Å². The van der Waals surface area contributed by atoms with E-state index in [2.05, 4.69) is 22.6 Å². The van der Waals surface area contributed by atoms with Gasteiger partial charge in [0.1, 0.15) is 5.54 Å². The molecule has 0 bridgehead atoms. The summed E-state index contributed by atoms with van der Waals surface area (Å²) < 4.78 is 0. The molecule has 3 aliphatic rings. The number of imide groups is 1. The maximum absolute atomic E-state index is 12.9. The summed E-state index contributed by atoms with van der Waals surface area (Å²) in [5.41, 5.74) is 2.77. The summed E-state index contributed by atoms with van der Waals surface area (Å²) in [6.07, 6.45) is 5.80. The number of rotatable bonds is 5. The molecule has 2 aliphatic heterocycles. The predicted molar refractivity (Wildman–Crippen MR) is 114 cm³/mol. The van der Waals surface area contributed by atoms with Crippen molar-refractivity contribution in [2.24, 2.45) is 5.92 Å². The molecule has 30 heavy (non-hydrogen) atoms. The molecule has 162 valence electrons. The highest BCUT2D eigenvalue weighted by molar-refractivity contribution is 6.31. The molecular weight excluding hydrogens is 404 g/mol. The highest BCUT2D eigenvalue weighted by atomic mass is 35.5. The number of hydrogen-bond acceptors (Lipinski definition) is 4. The van der Waals surface area contributed by atoms with Gasteiger partial charge in [0.25, 0.3) is 11.8 Å². The molecule has 1 spiro atoms. The average molecular weight is 433 g/mol. The first-order chi connectivity index (χ1) is 14.4. The molecule has 1 aliphatic carbocycles. The minimum atomic E-state index is -0.850. The Balaban J connectivity index is 1.35. The van der Waals surface area contributed by atoms with E-state index in [-0.39, 0.29) is 24.4 Å². The third-order valence-corrected chi connectivity index (χ3v) is 7.15. The maximum Gasteiger partial charge on any atom is 0.344 e. The van der Waals surface area contributed by atoms with Gasteiger partial charge < -0.3 is 5.32 Å². The fourth-order valence-corrected chi connectivity index (χ4v) is 5.13. The Morgan fingerprint density at radius 3 is 2.70 bits per heavy atom. The molecule has 1 atom stereocenters. The molecule has 8 heteroatoms. The predicted octanol–water partition coefficient (Wildman–Crippen LogP) is 2.88. The standard InChI is InChI=1S/C22H29ClN4O3/c1-15-8-10-22(11-9-15)20(29)27(21(30)24-22)25-19(28)14-26-12-4-6-17(26)13-16-5-2-3-7-18(16)23/h2-3,5,7,15,17H,4,6,8-14H2,1H3,(H,24,30)(H,25,28). The van der Waals surface area contributed by atoms with Crippen LogP contribution in [0.3, 0.4) is 0 Å². The van der Waals surface area contributed by atoms with Crippen LogP contribution < -0.4 is 10.7 Å². The van der Waals surface area contributed by atoms with Gasteiger partial charge in [0, 0.05) is 11.1 Å². The summed E-state index contributed by atoms with van der Waals surface area (Å²) in [7, 11) is 0. The highest BCUT2D eigenvalue weighted by Crippen LogP contribution is 2.35. The molecule has 4 amide bonds. The van der Waals surface area contributed by atoms with Crippen molar-refractivity contribution < 1.29 is 14.4 Å². The zero-order valence-corrected chi connectivity index (χ0v) is 18.1. The number of likely N-dealkylation sites (tertiary alicyclic amines) is 1. The molecule has 3 fully saturated rings. The van der Waals surface area contributed by atoms with Crippen molar-refractivity contribution in [3.8, 4) is 0 Å². The molecule has 1 saturated carbocycles. The number of hydrazine groups is 1. The van der Waals surface area contributed by atoms with Gasteiger partial charge in [-0.25, -0.2) is 4.79 Å². The van der Waals surface area contributed by atoms with Crippen LogP contribution in [0, 0.1) is 5.92 Å². The number of hydrogen-bond donors (Lipinski definition) is 2. The van der Waals surface area contributed by atoms with Crippen molar-refractivity contribution in [3.05, 3.63) is 34.9 Å². The van der Waals surface area contributed by atoms with E-state index in [1.807, 2.05) is 24.3 Å². The number of halogens is 1. The fraction of sp³-hybridized carbons (Fsp3) is 0.591. The van der Waals surface area contributed by atoms with E-state index in [4.69, 9.17) is 11.6 Å². The Hall–Kier alpha value is -2.12. The van der Waals surface area contributed by atoms with E-state index in [0.29, 0.717) is 18.8 Å². The SMILES string of the molecule is CC1CCC2(CC1)NC(=O)N(NC(=O)CN1CCCC1Cc1ccccc1Cl)C2=O. The number of amides is 4. The molecule has 4 rings (SSSR count). The average Bonchev–Trinajstić information content (AvgIpc) is 3.24. The molecule has 0 radical (unpaired) electrons. The summed E-state index contributed by atoms with van der Waals surface area (Å²) in [6, 6.07) is 7.44. The zero-order valence-electron chi connectivity index (χ0n) is 17.3. The van der Waals surface area contributed by atoms with Gasteiger partial charge in [0.15, 0.2) is 0 Å². The zero-order chi connectivity index (χ0) is 21.3. The lowest BCUT2D eigenvalue weighted by molar-refractivity contribution is -0.140. The molecule has 2 saturated heterocycles. The summed E-state index contributed by atoms with van der Waals surface area (Å²) in [4.78, 5) is 40.1. The number of nitrogens with zero attached hydrogens (tertiary/aromatic N) is 2. The molecule has 1 unspecified atom stereocenters. The van der Waals surface area contributed by atoms with Crippen LogP contribution in [0.4, 0.5) is 4.79 Å². The van der Waals surface area contributed by atoms with Crippen LogP contribution in [0.5, 0.6) is 0 Å². The van der Waals surface area contributed by atoms with Crippen LogP contribution in [0.1, 0.15) is 51.0 Å². The van der Waals surface area contributed by atoms with Crippen LogP contribution in [0.2, 0.25) is 5.02 Å². The smallest absolute Gasteiger partial charge is 0.322 e. The minimum Gasteiger partial charge on any atom is -0.322 e. The number of carbonyl (C=O) groups is 3. The third kappa shape index (κ3) is 4.18. The summed E-state index contributed by atoms with van der Waals surface area (Å²) >= 11 is 6.30. The van der Waals surface area contributed by atoms with Crippen LogP contribution in [0.15, 0.2) is 24.3 Å². The quantitative estimate of drug-likeness (QED) is 0.701. The Morgan fingerprint density at radius 1 is 1.23 bits per heavy atom. The second-order valence-electron chi connectivity index (χ2n) is 8.93. The lowest BCUT2D eigenvalue weighted by Crippen LogP contribution is -2.53. The van der Waals surface area contributed by atoms with Crippen molar-refractivity contribution in [1.82, 2.24) is 20.7 Å². The van der Waals surface area contributed by atoms with Crippen molar-refractivity contribution in [3.63, 3.8) is 0 Å². The molecular formula is C22H29ClN4O3. The van der Waals surface area contributed by atoms with Gasteiger partial charge >= 0.3 is 6.03 Å². The first-order valence-electron chi connectivity index (χ1n) is 10.8. The van der Waals surface area contributed by atoms with Gasteiger partial charge in [-0.2, -0.15) is 5.01 Å². The van der Waals surface area contributed by atoms with Crippen LogP contribution in [-0.4, -0.2) is 52.4 Å². The van der Waals surface area contributed by atoms with Gasteiger partial charge in [-0.15, -0.1) is 0 Å². The maximum atomic E-state index is 12.9. The number of urea groups is 1. The van der Waals surface area contributed by atoms with E-state index in [9.17, 15) is 14.4 Å². The first kappa shape index (κ1) is 21.1. The molecule has 7 nitrogen and oxygen atoms in total. The molecule has 2 N–H and O–H groups in total. The second-order valence-corrected chi connectivity index (χ2v) is 9.34. The highest BCUT2D eigenvalue weighted by Gasteiger charge is 2.53. The van der Waals surface area contributed by atoms with Gasteiger partial charge in [0.05, 0.1) is 6.54 Å². The largest absolute Gasteiger partial charge is 0.344 e. The van der Waals surface area contributed by atoms with E-state index in [1.165, 1.54) is 0 Å². The van der Waals surface area contributed by atoms with Gasteiger partial charge in [0.2, 0.25) is 0 Å². The molecule has 2 heterocycles. The lowest BCUT2D eigenvalue weighted by atomic mass is 9.77. The molecule has 1 aromatic rings. The van der Waals surface area contributed by atoms with Crippen LogP contribution in [-0.2, 0) is 16.0 Å². The number of benzene rings is 1. The first-order valence-corrected chi connectivity index (χ1v) is 11.2. The van der Waals surface area contributed by atoms with Crippen molar-refractivity contribution in [2.45, 2.75) is 63.5 Å². The lowest BCUT2D eigenvalue weighted by Gasteiger charge is -2.33. The van der Waals surface area contributed by atoms with Gasteiger partial charge in [-0.3, -0.25) is 19.9 Å². The van der Waals surface area contributed by atoms with Crippen molar-refractivity contribution in [2.75, 3.05) is 13.1 Å².